The van der Waals surface area contributed by atoms with Gasteiger partial charge in [-0.1, -0.05) is 25.7 Å². The molecule has 2 fully saturated rings. The van der Waals surface area contributed by atoms with E-state index in [1.807, 2.05) is 0 Å². The average Bonchev–Trinajstić information content (AvgIpc) is 2.40. The van der Waals surface area contributed by atoms with Crippen molar-refractivity contribution in [2.45, 2.75) is 43.8 Å². The Balaban J connectivity index is 1.93. The summed E-state index contributed by atoms with van der Waals surface area (Å²) in [7, 11) is -2.81. The van der Waals surface area contributed by atoms with Crippen LogP contribution in [0.25, 0.3) is 0 Å². The molecule has 1 aliphatic carbocycles. The van der Waals surface area contributed by atoms with Crippen LogP contribution in [0.5, 0.6) is 0 Å². The Hall–Kier alpha value is -0.0900. The minimum Gasteiger partial charge on any atom is -0.316 e. The van der Waals surface area contributed by atoms with Crippen molar-refractivity contribution in [1.29, 1.82) is 0 Å². The molecule has 15 heavy (non-hydrogen) atoms. The molecule has 88 valence electrons. The second-order valence-corrected chi connectivity index (χ2v) is 7.29. The Morgan fingerprint density at radius 1 is 1.00 bits per heavy atom. The number of rotatable bonds is 3. The minimum absolute atomic E-state index is 0.0272. The highest BCUT2D eigenvalue weighted by Crippen LogP contribution is 2.25. The lowest BCUT2D eigenvalue weighted by Gasteiger charge is -2.28. The van der Waals surface area contributed by atoms with Gasteiger partial charge in [-0.05, 0) is 18.8 Å². The minimum atomic E-state index is -2.81. The molecule has 1 saturated heterocycles. The Bertz CT molecular complexity index is 288. The van der Waals surface area contributed by atoms with Crippen LogP contribution in [0.3, 0.4) is 0 Å². The van der Waals surface area contributed by atoms with Gasteiger partial charge in [-0.15, -0.1) is 0 Å². The fraction of sp³-hybridized carbons (Fsp3) is 1.00. The maximum atomic E-state index is 12.1. The highest BCUT2D eigenvalue weighted by atomic mass is 32.2. The molecular weight excluding hydrogens is 210 g/mol. The molecule has 2 rings (SSSR count). The summed E-state index contributed by atoms with van der Waals surface area (Å²) in [5.74, 6) is 0.809. The van der Waals surface area contributed by atoms with Gasteiger partial charge in [0, 0.05) is 13.1 Å². The van der Waals surface area contributed by atoms with Crippen LogP contribution in [0.2, 0.25) is 0 Å². The third-order valence-corrected chi connectivity index (χ3v) is 6.07. The van der Waals surface area contributed by atoms with Gasteiger partial charge in [-0.25, -0.2) is 8.42 Å². The van der Waals surface area contributed by atoms with E-state index in [-0.39, 0.29) is 5.25 Å². The van der Waals surface area contributed by atoms with Crippen molar-refractivity contribution >= 4 is 9.84 Å². The highest BCUT2D eigenvalue weighted by molar-refractivity contribution is 7.92. The number of hydrogen-bond donors (Lipinski definition) is 1. The summed E-state index contributed by atoms with van der Waals surface area (Å²) in [6, 6.07) is 0. The number of nitrogens with one attached hydrogen (secondary N) is 1. The molecule has 0 radical (unpaired) electrons. The van der Waals surface area contributed by atoms with Crippen LogP contribution < -0.4 is 5.32 Å². The summed E-state index contributed by atoms with van der Waals surface area (Å²) >= 11 is 0. The molecule has 0 atom stereocenters. The second-order valence-electron chi connectivity index (χ2n) is 4.97. The van der Waals surface area contributed by atoms with Gasteiger partial charge in [-0.2, -0.15) is 0 Å². The van der Waals surface area contributed by atoms with Gasteiger partial charge in [0.25, 0.3) is 0 Å². The summed E-state index contributed by atoms with van der Waals surface area (Å²) in [5.41, 5.74) is 0. The van der Waals surface area contributed by atoms with Gasteiger partial charge in [0.1, 0.15) is 0 Å². The molecule has 3 nitrogen and oxygen atoms in total. The largest absolute Gasteiger partial charge is 0.316 e. The van der Waals surface area contributed by atoms with Crippen molar-refractivity contribution in [2.75, 3.05) is 18.8 Å². The first-order chi connectivity index (χ1) is 7.18. The SMILES string of the molecule is O=S(=O)(CC1CNC1)C1CCCCCC1. The molecule has 1 saturated carbocycles. The van der Waals surface area contributed by atoms with E-state index in [2.05, 4.69) is 5.32 Å². The van der Waals surface area contributed by atoms with E-state index in [0.717, 1.165) is 38.8 Å². The van der Waals surface area contributed by atoms with Gasteiger partial charge in [0.05, 0.1) is 11.0 Å². The summed E-state index contributed by atoms with van der Waals surface area (Å²) in [4.78, 5) is 0. The Labute approximate surface area is 92.6 Å². The summed E-state index contributed by atoms with van der Waals surface area (Å²) < 4.78 is 24.2. The van der Waals surface area contributed by atoms with Gasteiger partial charge in [-0.3, -0.25) is 0 Å². The topological polar surface area (TPSA) is 46.2 Å². The third-order valence-electron chi connectivity index (χ3n) is 3.64. The van der Waals surface area contributed by atoms with Crippen molar-refractivity contribution in [3.05, 3.63) is 0 Å². The van der Waals surface area contributed by atoms with Crippen LogP contribution in [0.1, 0.15) is 38.5 Å². The fourth-order valence-corrected chi connectivity index (χ4v) is 4.75. The van der Waals surface area contributed by atoms with E-state index >= 15 is 0 Å². The van der Waals surface area contributed by atoms with Gasteiger partial charge in [0.2, 0.25) is 0 Å². The van der Waals surface area contributed by atoms with Gasteiger partial charge < -0.3 is 5.32 Å². The molecule has 2 aliphatic rings. The van der Waals surface area contributed by atoms with E-state index < -0.39 is 9.84 Å². The lowest BCUT2D eigenvalue weighted by atomic mass is 10.1. The standard InChI is InChI=1S/C11H21NO2S/c13-15(14,9-10-7-12-8-10)11-5-3-1-2-4-6-11/h10-12H,1-9H2. The Morgan fingerprint density at radius 2 is 1.60 bits per heavy atom. The molecule has 4 heteroatoms. The zero-order chi connectivity index (χ0) is 10.7. The molecule has 0 bridgehead atoms. The van der Waals surface area contributed by atoms with Crippen molar-refractivity contribution in [3.8, 4) is 0 Å². The molecule has 0 amide bonds. The zero-order valence-electron chi connectivity index (χ0n) is 9.24. The molecule has 0 unspecified atom stereocenters. The van der Waals surface area contributed by atoms with Crippen LogP contribution in [0.4, 0.5) is 0 Å². The van der Waals surface area contributed by atoms with Crippen molar-refractivity contribution < 1.29 is 8.42 Å². The summed E-state index contributed by atoms with van der Waals surface area (Å²) in [6.45, 7) is 1.79. The van der Waals surface area contributed by atoms with Crippen molar-refractivity contribution in [3.63, 3.8) is 0 Å². The first kappa shape index (κ1) is 11.4. The fourth-order valence-electron chi connectivity index (χ4n) is 2.53. The molecule has 1 aliphatic heterocycles. The molecule has 0 aromatic rings. The maximum Gasteiger partial charge on any atom is 0.153 e. The molecule has 0 aromatic carbocycles. The van der Waals surface area contributed by atoms with Crippen LogP contribution >= 0.6 is 0 Å². The van der Waals surface area contributed by atoms with Crippen LogP contribution in [-0.4, -0.2) is 32.5 Å². The van der Waals surface area contributed by atoms with Crippen molar-refractivity contribution in [1.82, 2.24) is 5.32 Å². The van der Waals surface area contributed by atoms with E-state index in [0.29, 0.717) is 11.7 Å². The van der Waals surface area contributed by atoms with Crippen molar-refractivity contribution in [2.24, 2.45) is 5.92 Å². The second kappa shape index (κ2) is 4.83. The summed E-state index contributed by atoms with van der Waals surface area (Å²) in [6.07, 6.45) is 6.46. The maximum absolute atomic E-state index is 12.1. The smallest absolute Gasteiger partial charge is 0.153 e. The molecular formula is C11H21NO2S. The quantitative estimate of drug-likeness (QED) is 0.746. The van der Waals surface area contributed by atoms with Crippen LogP contribution in [0.15, 0.2) is 0 Å². The first-order valence-electron chi connectivity index (χ1n) is 6.11. The number of sulfone groups is 1. The molecule has 1 N–H and O–H groups in total. The molecule has 1 heterocycles. The predicted molar refractivity (Wildman–Crippen MR) is 61.6 cm³/mol. The molecule has 0 spiro atoms. The molecule has 0 aromatic heterocycles. The zero-order valence-corrected chi connectivity index (χ0v) is 10.1. The van der Waals surface area contributed by atoms with E-state index in [9.17, 15) is 8.42 Å². The van der Waals surface area contributed by atoms with E-state index in [1.165, 1.54) is 12.8 Å². The van der Waals surface area contributed by atoms with E-state index in [1.54, 1.807) is 0 Å². The lowest BCUT2D eigenvalue weighted by molar-refractivity contribution is 0.377. The predicted octanol–water partition coefficient (Wildman–Crippen LogP) is 1.34. The van der Waals surface area contributed by atoms with E-state index in [4.69, 9.17) is 0 Å². The Morgan fingerprint density at radius 3 is 2.07 bits per heavy atom. The highest BCUT2D eigenvalue weighted by Gasteiger charge is 2.31. The number of hydrogen-bond acceptors (Lipinski definition) is 3. The van der Waals surface area contributed by atoms with Crippen LogP contribution in [-0.2, 0) is 9.84 Å². The monoisotopic (exact) mass is 231 g/mol. The summed E-state index contributed by atoms with van der Waals surface area (Å²) in [5, 5.41) is 3.11. The first-order valence-corrected chi connectivity index (χ1v) is 7.82. The van der Waals surface area contributed by atoms with Gasteiger partial charge in [0.15, 0.2) is 9.84 Å². The third kappa shape index (κ3) is 2.94. The average molecular weight is 231 g/mol. The Kier molecular flexibility index (Phi) is 3.67. The van der Waals surface area contributed by atoms with Gasteiger partial charge >= 0.3 is 0 Å². The normalized spacial score (nSPS) is 25.9. The van der Waals surface area contributed by atoms with Crippen LogP contribution in [0, 0.1) is 5.92 Å². The lowest BCUT2D eigenvalue weighted by Crippen LogP contribution is -2.46.